The van der Waals surface area contributed by atoms with Crippen LogP contribution in [0.5, 0.6) is 5.75 Å². The van der Waals surface area contributed by atoms with E-state index >= 15 is 0 Å². The molecule has 178 valence electrons. The predicted octanol–water partition coefficient (Wildman–Crippen LogP) is 4.99. The lowest BCUT2D eigenvalue weighted by molar-refractivity contribution is -0.122. The minimum absolute atomic E-state index is 0.0516. The molecular weight excluding hydrogens is 446 g/mol. The van der Waals surface area contributed by atoms with Crippen LogP contribution in [0.25, 0.3) is 10.6 Å². The van der Waals surface area contributed by atoms with Gasteiger partial charge >= 0.3 is 0 Å². The molecule has 6 nitrogen and oxygen atoms in total. The Morgan fingerprint density at radius 3 is 2.38 bits per heavy atom. The second kappa shape index (κ2) is 10.8. The van der Waals surface area contributed by atoms with E-state index in [4.69, 9.17) is 4.74 Å². The number of hydrogen-bond acceptors (Lipinski definition) is 5. The van der Waals surface area contributed by atoms with Gasteiger partial charge in [0.05, 0.1) is 12.8 Å². The van der Waals surface area contributed by atoms with E-state index in [9.17, 15) is 9.59 Å². The van der Waals surface area contributed by atoms with E-state index in [1.54, 1.807) is 7.11 Å². The zero-order chi connectivity index (χ0) is 24.1. The first-order chi connectivity index (χ1) is 16.4. The Kier molecular flexibility index (Phi) is 7.63. The Labute approximate surface area is 205 Å². The molecule has 1 aliphatic heterocycles. The number of benzene rings is 2. The molecule has 1 aromatic heterocycles. The summed E-state index contributed by atoms with van der Waals surface area (Å²) in [6, 6.07) is 15.9. The third-order valence-electron chi connectivity index (χ3n) is 6.31. The molecule has 7 heteroatoms. The number of carbonyl (C=O) groups excluding carboxylic acids is 2. The van der Waals surface area contributed by atoms with E-state index in [-0.39, 0.29) is 11.8 Å². The van der Waals surface area contributed by atoms with Gasteiger partial charge in [-0.3, -0.25) is 9.59 Å². The smallest absolute Gasteiger partial charge is 0.265 e. The SMILES string of the molecule is COc1ccc(CNC(=O)CC2CCN(C(=O)c3sc(-c4ccc(C)cc4)nc3C)CC2)cc1. The van der Waals surface area contributed by atoms with Gasteiger partial charge in [-0.15, -0.1) is 11.3 Å². The van der Waals surface area contributed by atoms with Crippen LogP contribution >= 0.6 is 11.3 Å². The number of aryl methyl sites for hydroxylation is 2. The highest BCUT2D eigenvalue weighted by molar-refractivity contribution is 7.17. The number of rotatable bonds is 7. The number of nitrogens with one attached hydrogen (secondary N) is 1. The molecule has 0 bridgehead atoms. The van der Waals surface area contributed by atoms with Gasteiger partial charge in [-0.1, -0.05) is 42.0 Å². The van der Waals surface area contributed by atoms with Gasteiger partial charge < -0.3 is 15.0 Å². The minimum Gasteiger partial charge on any atom is -0.497 e. The molecule has 0 radical (unpaired) electrons. The number of aromatic nitrogens is 1. The van der Waals surface area contributed by atoms with Gasteiger partial charge in [-0.2, -0.15) is 0 Å². The van der Waals surface area contributed by atoms with Gasteiger partial charge in [0.2, 0.25) is 5.91 Å². The number of hydrogen-bond donors (Lipinski definition) is 1. The fourth-order valence-electron chi connectivity index (χ4n) is 4.18. The molecule has 1 saturated heterocycles. The third-order valence-corrected chi connectivity index (χ3v) is 7.51. The molecule has 0 spiro atoms. The van der Waals surface area contributed by atoms with Crippen molar-refractivity contribution in [2.45, 2.75) is 39.7 Å². The molecule has 0 saturated carbocycles. The fraction of sp³-hybridized carbons (Fsp3) is 0.370. The molecule has 0 unspecified atom stereocenters. The first-order valence-corrected chi connectivity index (χ1v) is 12.5. The van der Waals surface area contributed by atoms with Crippen molar-refractivity contribution in [1.29, 1.82) is 0 Å². The lowest BCUT2D eigenvalue weighted by Gasteiger charge is -2.31. The molecule has 2 aromatic carbocycles. The molecule has 1 aliphatic rings. The number of nitrogens with zero attached hydrogens (tertiary/aromatic N) is 2. The monoisotopic (exact) mass is 477 g/mol. The molecule has 1 fully saturated rings. The summed E-state index contributed by atoms with van der Waals surface area (Å²) in [7, 11) is 1.64. The quantitative estimate of drug-likeness (QED) is 0.520. The maximum atomic E-state index is 13.2. The topological polar surface area (TPSA) is 71.5 Å². The van der Waals surface area contributed by atoms with Crippen molar-refractivity contribution in [2.24, 2.45) is 5.92 Å². The van der Waals surface area contributed by atoms with E-state index in [1.807, 2.05) is 48.2 Å². The Morgan fingerprint density at radius 1 is 1.06 bits per heavy atom. The Hall–Kier alpha value is -3.19. The lowest BCUT2D eigenvalue weighted by Crippen LogP contribution is -2.39. The van der Waals surface area contributed by atoms with Crippen LogP contribution < -0.4 is 10.1 Å². The number of carbonyl (C=O) groups is 2. The maximum Gasteiger partial charge on any atom is 0.265 e. The zero-order valence-electron chi connectivity index (χ0n) is 20.0. The van der Waals surface area contributed by atoms with Crippen LogP contribution in [0.1, 0.15) is 45.8 Å². The highest BCUT2D eigenvalue weighted by Crippen LogP contribution is 2.30. The minimum atomic E-state index is 0.0516. The van der Waals surface area contributed by atoms with Crippen molar-refractivity contribution in [3.63, 3.8) is 0 Å². The summed E-state index contributed by atoms with van der Waals surface area (Å²) in [6.07, 6.45) is 2.17. The molecule has 0 atom stereocenters. The number of amides is 2. The second-order valence-corrected chi connectivity index (χ2v) is 9.86. The first kappa shape index (κ1) is 24.0. The molecule has 0 aliphatic carbocycles. The van der Waals surface area contributed by atoms with Gasteiger partial charge in [-0.25, -0.2) is 4.98 Å². The normalized spacial score (nSPS) is 14.1. The highest BCUT2D eigenvalue weighted by atomic mass is 32.1. The van der Waals surface area contributed by atoms with Crippen molar-refractivity contribution in [3.8, 4) is 16.3 Å². The summed E-state index contributed by atoms with van der Waals surface area (Å²) in [5, 5.41) is 3.88. The largest absolute Gasteiger partial charge is 0.497 e. The van der Waals surface area contributed by atoms with E-state index in [0.29, 0.717) is 36.9 Å². The van der Waals surface area contributed by atoms with Crippen molar-refractivity contribution in [2.75, 3.05) is 20.2 Å². The van der Waals surface area contributed by atoms with Crippen molar-refractivity contribution < 1.29 is 14.3 Å². The van der Waals surface area contributed by atoms with E-state index in [0.717, 1.165) is 40.4 Å². The molecular formula is C27H31N3O3S. The fourth-order valence-corrected chi connectivity index (χ4v) is 5.22. The first-order valence-electron chi connectivity index (χ1n) is 11.7. The number of methoxy groups -OCH3 is 1. The number of thiazole rings is 1. The average molecular weight is 478 g/mol. The van der Waals surface area contributed by atoms with Gasteiger partial charge in [-0.05, 0) is 50.3 Å². The maximum absolute atomic E-state index is 13.2. The van der Waals surface area contributed by atoms with Crippen molar-refractivity contribution in [1.82, 2.24) is 15.2 Å². The van der Waals surface area contributed by atoms with Crippen LogP contribution in [-0.2, 0) is 11.3 Å². The van der Waals surface area contributed by atoms with Crippen LogP contribution in [0.3, 0.4) is 0 Å². The van der Waals surface area contributed by atoms with E-state index in [1.165, 1.54) is 16.9 Å². The Morgan fingerprint density at radius 2 is 1.74 bits per heavy atom. The molecule has 4 rings (SSSR count). The van der Waals surface area contributed by atoms with Gasteiger partial charge in [0.15, 0.2) is 0 Å². The highest BCUT2D eigenvalue weighted by Gasteiger charge is 2.27. The summed E-state index contributed by atoms with van der Waals surface area (Å²) in [5.41, 5.74) is 4.06. The summed E-state index contributed by atoms with van der Waals surface area (Å²) in [4.78, 5) is 32.9. The second-order valence-electron chi connectivity index (χ2n) is 8.86. The zero-order valence-corrected chi connectivity index (χ0v) is 20.8. The molecule has 34 heavy (non-hydrogen) atoms. The summed E-state index contributed by atoms with van der Waals surface area (Å²) in [6.45, 7) is 5.81. The average Bonchev–Trinajstić information content (AvgIpc) is 3.25. The summed E-state index contributed by atoms with van der Waals surface area (Å²) in [5.74, 6) is 1.21. The predicted molar refractivity (Wildman–Crippen MR) is 135 cm³/mol. The molecule has 2 heterocycles. The van der Waals surface area contributed by atoms with Crippen LogP contribution in [0.4, 0.5) is 0 Å². The Bertz CT molecular complexity index is 1130. The van der Waals surface area contributed by atoms with Crippen molar-refractivity contribution in [3.05, 3.63) is 70.2 Å². The van der Waals surface area contributed by atoms with Crippen LogP contribution in [0, 0.1) is 19.8 Å². The van der Waals surface area contributed by atoms with Crippen LogP contribution in [-0.4, -0.2) is 41.9 Å². The molecule has 3 aromatic rings. The standard InChI is InChI=1S/C27H31N3O3S/c1-18-4-8-22(9-5-18)26-29-19(2)25(34-26)27(32)30-14-12-20(13-15-30)16-24(31)28-17-21-6-10-23(33-3)11-7-21/h4-11,20H,12-17H2,1-3H3,(H,28,31). The third kappa shape index (κ3) is 5.83. The molecule has 2 amide bonds. The van der Waals surface area contributed by atoms with E-state index < -0.39 is 0 Å². The van der Waals surface area contributed by atoms with E-state index in [2.05, 4.69) is 29.4 Å². The van der Waals surface area contributed by atoms with Crippen LogP contribution in [0.2, 0.25) is 0 Å². The molecule has 1 N–H and O–H groups in total. The summed E-state index contributed by atoms with van der Waals surface area (Å²) < 4.78 is 5.16. The van der Waals surface area contributed by atoms with Gasteiger partial charge in [0, 0.05) is 31.6 Å². The lowest BCUT2D eigenvalue weighted by atomic mass is 9.93. The van der Waals surface area contributed by atoms with Crippen LogP contribution in [0.15, 0.2) is 48.5 Å². The summed E-state index contributed by atoms with van der Waals surface area (Å²) >= 11 is 1.46. The Balaban J connectivity index is 1.26. The number of ether oxygens (including phenoxy) is 1. The number of likely N-dealkylation sites (tertiary alicyclic amines) is 1. The number of piperidine rings is 1. The van der Waals surface area contributed by atoms with Gasteiger partial charge in [0.1, 0.15) is 15.6 Å². The van der Waals surface area contributed by atoms with Gasteiger partial charge in [0.25, 0.3) is 5.91 Å². The van der Waals surface area contributed by atoms with Crippen molar-refractivity contribution >= 4 is 23.2 Å².